The molecule has 2 aromatic carbocycles. The summed E-state index contributed by atoms with van der Waals surface area (Å²) < 4.78 is 42.4. The highest BCUT2D eigenvalue weighted by atomic mass is 35.5. The minimum atomic E-state index is -4.16. The number of nitrogens with one attached hydrogen (secondary N) is 1. The molecule has 2 saturated heterocycles. The topological polar surface area (TPSA) is 136 Å². The molecule has 4 aromatic rings. The zero-order valence-corrected chi connectivity index (χ0v) is 31.0. The number of sulfonamides is 1. The van der Waals surface area contributed by atoms with E-state index in [-0.39, 0.29) is 40.0 Å². The lowest BCUT2D eigenvalue weighted by molar-refractivity contribution is -0.141. The summed E-state index contributed by atoms with van der Waals surface area (Å²) >= 11 is 13.4. The van der Waals surface area contributed by atoms with E-state index in [1.54, 1.807) is 16.9 Å². The number of halogens is 2. The van der Waals surface area contributed by atoms with Crippen molar-refractivity contribution in [2.45, 2.75) is 63.5 Å². The molecular weight excluding hydrogens is 715 g/mol. The minimum absolute atomic E-state index is 0.0465. The molecule has 0 saturated carbocycles. The van der Waals surface area contributed by atoms with Crippen LogP contribution < -0.4 is 10.1 Å². The van der Waals surface area contributed by atoms with Crippen LogP contribution >= 0.6 is 23.2 Å². The fraction of sp³-hybridized carbons (Fsp3) is 0.444. The Bertz CT molecular complexity index is 1990. The standard InChI is InChI=1S/C36H42Cl2N6O6S/c1-24-21-31(43-16-5-14-40-43)27-7-3-9-32(35(27)41-24)50-23-28-29(37)10-11-33(34(28)38)51(47,48)44-17-4-8-30(44)36(46)39-22-26-12-18-42(19-13-26)15-6-20-49-25(2)45/h3,5,7,9-11,14,16,21,26,30H,4,6,8,12-13,15,17-20,22-23H2,1-2H3,(H,39,46)/t30-/m0/s1. The molecule has 0 bridgehead atoms. The highest BCUT2D eigenvalue weighted by molar-refractivity contribution is 7.89. The Balaban J connectivity index is 1.11. The maximum absolute atomic E-state index is 14.1. The van der Waals surface area contributed by atoms with Crippen molar-refractivity contribution in [3.8, 4) is 11.4 Å². The van der Waals surface area contributed by atoms with Crippen LogP contribution in [0.5, 0.6) is 5.75 Å². The number of aromatic nitrogens is 3. The molecule has 1 atom stereocenters. The number of carbonyl (C=O) groups excluding carboxylic acids is 2. The average molecular weight is 758 g/mol. The van der Waals surface area contributed by atoms with Gasteiger partial charge in [-0.25, -0.2) is 18.1 Å². The summed E-state index contributed by atoms with van der Waals surface area (Å²) in [4.78, 5) is 31.3. The van der Waals surface area contributed by atoms with Gasteiger partial charge in [0.25, 0.3) is 0 Å². The summed E-state index contributed by atoms with van der Waals surface area (Å²) in [6, 6.07) is 11.4. The van der Waals surface area contributed by atoms with Crippen molar-refractivity contribution in [3.05, 3.63) is 76.2 Å². The lowest BCUT2D eigenvalue weighted by atomic mass is 9.96. The van der Waals surface area contributed by atoms with Crippen LogP contribution in [-0.2, 0) is 31.0 Å². The molecule has 2 aliphatic rings. The lowest BCUT2D eigenvalue weighted by Crippen LogP contribution is -2.47. The molecule has 2 aliphatic heterocycles. The highest BCUT2D eigenvalue weighted by Gasteiger charge is 2.41. The second-order valence-electron chi connectivity index (χ2n) is 13.0. The van der Waals surface area contributed by atoms with E-state index in [1.165, 1.54) is 23.4 Å². The zero-order valence-electron chi connectivity index (χ0n) is 28.7. The van der Waals surface area contributed by atoms with Crippen molar-refractivity contribution in [3.63, 3.8) is 0 Å². The van der Waals surface area contributed by atoms with Gasteiger partial charge in [-0.2, -0.15) is 9.40 Å². The van der Waals surface area contributed by atoms with Gasteiger partial charge in [0.15, 0.2) is 0 Å². The molecule has 4 heterocycles. The van der Waals surface area contributed by atoms with Crippen molar-refractivity contribution in [1.29, 1.82) is 0 Å². The molecule has 0 spiro atoms. The summed E-state index contributed by atoms with van der Waals surface area (Å²) in [5.74, 6) is 0.209. The fourth-order valence-corrected chi connectivity index (χ4v) is 9.32. The molecule has 0 aliphatic carbocycles. The lowest BCUT2D eigenvalue weighted by Gasteiger charge is -2.32. The highest BCUT2D eigenvalue weighted by Crippen LogP contribution is 2.37. The number of piperidine rings is 1. The maximum atomic E-state index is 14.1. The molecule has 272 valence electrons. The Hall–Kier alpha value is -3.75. The van der Waals surface area contributed by atoms with E-state index in [4.69, 9.17) is 37.7 Å². The molecule has 1 amide bonds. The Morgan fingerprint density at radius 1 is 1.06 bits per heavy atom. The summed E-state index contributed by atoms with van der Waals surface area (Å²) in [7, 11) is -4.16. The molecule has 0 radical (unpaired) electrons. The van der Waals surface area contributed by atoms with E-state index in [0.29, 0.717) is 48.7 Å². The first kappa shape index (κ1) is 37.0. The van der Waals surface area contributed by atoms with Crippen LogP contribution in [0.15, 0.2) is 59.8 Å². The smallest absolute Gasteiger partial charge is 0.302 e. The Labute approximate surface area is 308 Å². The summed E-state index contributed by atoms with van der Waals surface area (Å²) in [6.07, 6.45) is 7.16. The van der Waals surface area contributed by atoms with Gasteiger partial charge in [-0.15, -0.1) is 0 Å². The van der Waals surface area contributed by atoms with E-state index in [1.807, 2.05) is 37.4 Å². The van der Waals surface area contributed by atoms with Crippen LogP contribution in [0.1, 0.15) is 50.3 Å². The SMILES string of the molecule is CC(=O)OCCCN1CCC(CNC(=O)[C@@H]2CCCN2S(=O)(=O)c2ccc(Cl)c(COc3cccc4c(-n5cccn5)cc(C)nc34)c2Cl)CC1. The number of esters is 1. The number of ether oxygens (including phenoxy) is 2. The van der Waals surface area contributed by atoms with Gasteiger partial charge in [0, 0.05) is 60.6 Å². The number of fused-ring (bicyclic) bond motifs is 1. The largest absolute Gasteiger partial charge is 0.487 e. The summed E-state index contributed by atoms with van der Waals surface area (Å²) in [6.45, 7) is 6.95. The van der Waals surface area contributed by atoms with E-state index < -0.39 is 16.1 Å². The van der Waals surface area contributed by atoms with E-state index in [0.717, 1.165) is 55.7 Å². The number of carbonyl (C=O) groups is 2. The number of likely N-dealkylation sites (tertiary alicyclic amines) is 1. The molecule has 6 rings (SSSR count). The average Bonchev–Trinajstić information content (AvgIpc) is 3.83. The van der Waals surface area contributed by atoms with Gasteiger partial charge in [0.2, 0.25) is 15.9 Å². The molecule has 15 heteroatoms. The Morgan fingerprint density at radius 3 is 2.61 bits per heavy atom. The van der Waals surface area contributed by atoms with Gasteiger partial charge < -0.3 is 19.7 Å². The van der Waals surface area contributed by atoms with Crippen LogP contribution in [0, 0.1) is 12.8 Å². The van der Waals surface area contributed by atoms with Gasteiger partial charge in [0.1, 0.15) is 28.8 Å². The third-order valence-electron chi connectivity index (χ3n) is 9.47. The quantitative estimate of drug-likeness (QED) is 0.138. The monoisotopic (exact) mass is 756 g/mol. The predicted octanol–water partition coefficient (Wildman–Crippen LogP) is 5.55. The van der Waals surface area contributed by atoms with E-state index in [9.17, 15) is 18.0 Å². The van der Waals surface area contributed by atoms with Gasteiger partial charge >= 0.3 is 5.97 Å². The van der Waals surface area contributed by atoms with Gasteiger partial charge in [-0.05, 0) is 88.4 Å². The summed E-state index contributed by atoms with van der Waals surface area (Å²) in [5, 5.41) is 8.43. The van der Waals surface area contributed by atoms with Gasteiger partial charge in [-0.1, -0.05) is 35.3 Å². The first-order valence-electron chi connectivity index (χ1n) is 17.2. The molecule has 0 unspecified atom stereocenters. The van der Waals surface area contributed by atoms with Crippen molar-refractivity contribution in [1.82, 2.24) is 29.3 Å². The third-order valence-corrected chi connectivity index (χ3v) is 12.3. The number of rotatable bonds is 13. The first-order chi connectivity index (χ1) is 24.5. The number of para-hydroxylation sites is 1. The van der Waals surface area contributed by atoms with Crippen LogP contribution in [0.3, 0.4) is 0 Å². The zero-order chi connectivity index (χ0) is 36.1. The van der Waals surface area contributed by atoms with Crippen molar-refractivity contribution < 1.29 is 27.5 Å². The molecule has 12 nitrogen and oxygen atoms in total. The summed E-state index contributed by atoms with van der Waals surface area (Å²) in [5.41, 5.74) is 2.55. The van der Waals surface area contributed by atoms with Crippen LogP contribution in [-0.4, -0.2) is 89.6 Å². The van der Waals surface area contributed by atoms with Gasteiger partial charge in [-0.3, -0.25) is 9.59 Å². The number of aryl methyl sites for hydroxylation is 1. The number of amides is 1. The number of nitrogens with zero attached hydrogens (tertiary/aromatic N) is 5. The number of hydrogen-bond acceptors (Lipinski definition) is 9. The molecule has 2 fully saturated rings. The molecule has 2 aromatic heterocycles. The van der Waals surface area contributed by atoms with E-state index >= 15 is 0 Å². The Morgan fingerprint density at radius 2 is 1.86 bits per heavy atom. The molecular formula is C36H42Cl2N6O6S. The number of benzene rings is 2. The predicted molar refractivity (Wildman–Crippen MR) is 195 cm³/mol. The van der Waals surface area contributed by atoms with Crippen LogP contribution in [0.2, 0.25) is 10.0 Å². The van der Waals surface area contributed by atoms with Crippen molar-refractivity contribution in [2.24, 2.45) is 5.92 Å². The van der Waals surface area contributed by atoms with Crippen LogP contribution in [0.4, 0.5) is 0 Å². The van der Waals surface area contributed by atoms with Crippen LogP contribution in [0.25, 0.3) is 16.6 Å². The van der Waals surface area contributed by atoms with E-state index in [2.05, 4.69) is 15.3 Å². The number of hydrogen-bond donors (Lipinski definition) is 1. The molecule has 51 heavy (non-hydrogen) atoms. The first-order valence-corrected chi connectivity index (χ1v) is 19.4. The molecule has 1 N–H and O–H groups in total. The maximum Gasteiger partial charge on any atom is 0.302 e. The minimum Gasteiger partial charge on any atom is -0.487 e. The Kier molecular flexibility index (Phi) is 11.8. The van der Waals surface area contributed by atoms with Crippen molar-refractivity contribution in [2.75, 3.05) is 39.3 Å². The second kappa shape index (κ2) is 16.3. The number of pyridine rings is 1. The van der Waals surface area contributed by atoms with Crippen molar-refractivity contribution >= 4 is 56.0 Å². The fourth-order valence-electron chi connectivity index (χ4n) is 6.80. The van der Waals surface area contributed by atoms with Gasteiger partial charge in [0.05, 0.1) is 17.3 Å². The second-order valence-corrected chi connectivity index (χ2v) is 15.7. The normalized spacial score (nSPS) is 17.5. The third kappa shape index (κ3) is 8.49.